The van der Waals surface area contributed by atoms with Crippen LogP contribution in [0.25, 0.3) is 0 Å². The second-order valence-corrected chi connectivity index (χ2v) is 7.21. The van der Waals surface area contributed by atoms with E-state index >= 15 is 0 Å². The highest BCUT2D eigenvalue weighted by Crippen LogP contribution is 2.25. The Labute approximate surface area is 165 Å². The number of aryl methyl sites for hydroxylation is 1. The van der Waals surface area contributed by atoms with Crippen LogP contribution < -0.4 is 10.2 Å². The molecule has 140 valence electrons. The Kier molecular flexibility index (Phi) is 6.00. The van der Waals surface area contributed by atoms with Gasteiger partial charge in [0.2, 0.25) is 5.91 Å². The molecule has 1 heterocycles. The zero-order valence-corrected chi connectivity index (χ0v) is 16.3. The highest BCUT2D eigenvalue weighted by atomic mass is 35.5. The van der Waals surface area contributed by atoms with Crippen LogP contribution in [-0.2, 0) is 4.79 Å². The Morgan fingerprint density at radius 3 is 2.59 bits per heavy atom. The maximum atomic E-state index is 12.6. The van der Waals surface area contributed by atoms with E-state index in [0.717, 1.165) is 36.9 Å². The second-order valence-electron chi connectivity index (χ2n) is 6.78. The number of anilines is 2. The SMILES string of the molecule is Cc1ccc(Cl)cc1N1CCN([C@@H](C)C(=O)Nc2ccccc2C#N)CC1. The van der Waals surface area contributed by atoms with Crippen LogP contribution >= 0.6 is 11.6 Å². The monoisotopic (exact) mass is 382 g/mol. The van der Waals surface area contributed by atoms with Gasteiger partial charge < -0.3 is 10.2 Å². The third-order valence-electron chi connectivity index (χ3n) is 5.06. The summed E-state index contributed by atoms with van der Waals surface area (Å²) in [7, 11) is 0. The molecule has 1 N–H and O–H groups in total. The summed E-state index contributed by atoms with van der Waals surface area (Å²) in [6.07, 6.45) is 0. The molecule has 1 saturated heterocycles. The fourth-order valence-corrected chi connectivity index (χ4v) is 3.53. The lowest BCUT2D eigenvalue weighted by Crippen LogP contribution is -2.53. The van der Waals surface area contributed by atoms with Gasteiger partial charge in [0.05, 0.1) is 17.3 Å². The normalized spacial score (nSPS) is 15.9. The zero-order valence-electron chi connectivity index (χ0n) is 15.6. The summed E-state index contributed by atoms with van der Waals surface area (Å²) in [5.74, 6) is -0.0925. The Bertz CT molecular complexity index is 869. The van der Waals surface area contributed by atoms with Crippen molar-refractivity contribution in [2.75, 3.05) is 36.4 Å². The van der Waals surface area contributed by atoms with Crippen LogP contribution in [0.5, 0.6) is 0 Å². The molecule has 3 rings (SSSR count). The highest BCUT2D eigenvalue weighted by Gasteiger charge is 2.26. The summed E-state index contributed by atoms with van der Waals surface area (Å²) in [5, 5.41) is 12.8. The quantitative estimate of drug-likeness (QED) is 0.876. The minimum atomic E-state index is -0.264. The molecule has 2 aromatic carbocycles. The number of nitrogens with zero attached hydrogens (tertiary/aromatic N) is 3. The minimum absolute atomic E-state index is 0.0925. The number of hydrogen-bond acceptors (Lipinski definition) is 4. The van der Waals surface area contributed by atoms with Crippen molar-refractivity contribution in [2.24, 2.45) is 0 Å². The molecule has 0 aromatic heterocycles. The predicted octanol–water partition coefficient (Wildman–Crippen LogP) is 3.67. The number of para-hydroxylation sites is 1. The molecule has 0 spiro atoms. The molecular formula is C21H23ClN4O. The molecular weight excluding hydrogens is 360 g/mol. The van der Waals surface area contributed by atoms with E-state index < -0.39 is 0 Å². The van der Waals surface area contributed by atoms with Crippen molar-refractivity contribution in [3.8, 4) is 6.07 Å². The first kappa shape index (κ1) is 19.2. The Balaban J connectivity index is 1.61. The fraction of sp³-hybridized carbons (Fsp3) is 0.333. The van der Waals surface area contributed by atoms with Crippen LogP contribution in [0.4, 0.5) is 11.4 Å². The molecule has 1 atom stereocenters. The van der Waals surface area contributed by atoms with Crippen LogP contribution in [-0.4, -0.2) is 43.0 Å². The van der Waals surface area contributed by atoms with Gasteiger partial charge in [-0.15, -0.1) is 0 Å². The number of nitriles is 1. The molecule has 1 fully saturated rings. The number of amides is 1. The van der Waals surface area contributed by atoms with Crippen molar-refractivity contribution in [2.45, 2.75) is 19.9 Å². The molecule has 5 nitrogen and oxygen atoms in total. The molecule has 0 unspecified atom stereocenters. The molecule has 0 radical (unpaired) electrons. The van der Waals surface area contributed by atoms with E-state index in [2.05, 4.69) is 28.1 Å². The molecule has 2 aromatic rings. The van der Waals surface area contributed by atoms with Crippen molar-refractivity contribution in [1.82, 2.24) is 4.90 Å². The number of hydrogen-bond donors (Lipinski definition) is 1. The molecule has 6 heteroatoms. The van der Waals surface area contributed by atoms with Gasteiger partial charge in [-0.1, -0.05) is 29.8 Å². The standard InChI is InChI=1S/C21H23ClN4O/c1-15-7-8-18(22)13-20(15)26-11-9-25(10-12-26)16(2)21(27)24-19-6-4-3-5-17(19)14-23/h3-8,13,16H,9-12H2,1-2H3,(H,24,27)/t16-/m0/s1. The van der Waals surface area contributed by atoms with Crippen molar-refractivity contribution in [1.29, 1.82) is 5.26 Å². The second kappa shape index (κ2) is 8.43. The Hall–Kier alpha value is -2.55. The molecule has 1 amide bonds. The van der Waals surface area contributed by atoms with Crippen LogP contribution in [0.3, 0.4) is 0 Å². The van der Waals surface area contributed by atoms with E-state index in [0.29, 0.717) is 11.3 Å². The summed E-state index contributed by atoms with van der Waals surface area (Å²) >= 11 is 6.15. The van der Waals surface area contributed by atoms with Crippen molar-refractivity contribution >= 4 is 28.9 Å². The van der Waals surface area contributed by atoms with Crippen molar-refractivity contribution in [3.05, 3.63) is 58.6 Å². The minimum Gasteiger partial charge on any atom is -0.369 e. The molecule has 27 heavy (non-hydrogen) atoms. The average molecular weight is 383 g/mol. The van der Waals surface area contributed by atoms with E-state index in [9.17, 15) is 10.1 Å². The van der Waals surface area contributed by atoms with Gasteiger partial charge in [-0.2, -0.15) is 5.26 Å². The largest absolute Gasteiger partial charge is 0.369 e. The topological polar surface area (TPSA) is 59.4 Å². The number of piperazine rings is 1. The summed E-state index contributed by atoms with van der Waals surface area (Å²) in [4.78, 5) is 17.1. The molecule has 0 aliphatic carbocycles. The molecule has 1 aliphatic heterocycles. The van der Waals surface area contributed by atoms with E-state index in [4.69, 9.17) is 11.6 Å². The van der Waals surface area contributed by atoms with Crippen molar-refractivity contribution in [3.63, 3.8) is 0 Å². The third kappa shape index (κ3) is 4.41. The van der Waals surface area contributed by atoms with E-state index in [1.165, 1.54) is 5.56 Å². The Morgan fingerprint density at radius 1 is 1.19 bits per heavy atom. The van der Waals surface area contributed by atoms with Crippen LogP contribution in [0, 0.1) is 18.3 Å². The third-order valence-corrected chi connectivity index (χ3v) is 5.29. The maximum absolute atomic E-state index is 12.6. The van der Waals surface area contributed by atoms with E-state index in [1.54, 1.807) is 18.2 Å². The van der Waals surface area contributed by atoms with Gasteiger partial charge in [-0.05, 0) is 43.7 Å². The van der Waals surface area contributed by atoms with E-state index in [-0.39, 0.29) is 11.9 Å². The summed E-state index contributed by atoms with van der Waals surface area (Å²) in [6.45, 7) is 7.26. The lowest BCUT2D eigenvalue weighted by molar-refractivity contribution is -0.120. The maximum Gasteiger partial charge on any atom is 0.241 e. The first-order valence-electron chi connectivity index (χ1n) is 9.04. The lowest BCUT2D eigenvalue weighted by atomic mass is 10.1. The summed E-state index contributed by atoms with van der Waals surface area (Å²) in [6, 6.07) is 14.8. The predicted molar refractivity (Wildman–Crippen MR) is 109 cm³/mol. The first-order valence-corrected chi connectivity index (χ1v) is 9.42. The molecule has 0 bridgehead atoms. The lowest BCUT2D eigenvalue weighted by Gasteiger charge is -2.39. The Morgan fingerprint density at radius 2 is 1.89 bits per heavy atom. The highest BCUT2D eigenvalue weighted by molar-refractivity contribution is 6.30. The van der Waals surface area contributed by atoms with Crippen LogP contribution in [0.15, 0.2) is 42.5 Å². The van der Waals surface area contributed by atoms with Crippen LogP contribution in [0.2, 0.25) is 5.02 Å². The molecule has 1 aliphatic rings. The molecule has 0 saturated carbocycles. The summed E-state index contributed by atoms with van der Waals surface area (Å²) < 4.78 is 0. The van der Waals surface area contributed by atoms with Crippen LogP contribution in [0.1, 0.15) is 18.1 Å². The number of carbonyl (C=O) groups excluding carboxylic acids is 1. The average Bonchev–Trinajstić information content (AvgIpc) is 2.69. The van der Waals surface area contributed by atoms with E-state index in [1.807, 2.05) is 31.2 Å². The summed E-state index contributed by atoms with van der Waals surface area (Å²) in [5.41, 5.74) is 3.39. The number of benzene rings is 2. The zero-order chi connectivity index (χ0) is 19.4. The number of nitrogens with one attached hydrogen (secondary N) is 1. The number of halogens is 1. The fourth-order valence-electron chi connectivity index (χ4n) is 3.37. The first-order chi connectivity index (χ1) is 13.0. The van der Waals surface area contributed by atoms with Gasteiger partial charge in [-0.25, -0.2) is 0 Å². The smallest absolute Gasteiger partial charge is 0.241 e. The van der Waals surface area contributed by atoms with Gasteiger partial charge >= 0.3 is 0 Å². The van der Waals surface area contributed by atoms with Gasteiger partial charge in [0.15, 0.2) is 0 Å². The van der Waals surface area contributed by atoms with Gasteiger partial charge in [0.1, 0.15) is 6.07 Å². The number of rotatable bonds is 4. The van der Waals surface area contributed by atoms with Gasteiger partial charge in [0, 0.05) is 36.9 Å². The van der Waals surface area contributed by atoms with Crippen molar-refractivity contribution < 1.29 is 4.79 Å². The van der Waals surface area contributed by atoms with Gasteiger partial charge in [0.25, 0.3) is 0 Å². The van der Waals surface area contributed by atoms with Gasteiger partial charge in [-0.3, -0.25) is 9.69 Å². The number of carbonyl (C=O) groups is 1.